The number of hydrogen-bond donors (Lipinski definition) is 1. The fraction of sp³-hybridized carbons (Fsp3) is 0.263. The zero-order chi connectivity index (χ0) is 18.1. The smallest absolute Gasteiger partial charge is 0.222 e. The van der Waals surface area contributed by atoms with Crippen molar-refractivity contribution < 1.29 is 9.47 Å². The van der Waals surface area contributed by atoms with Crippen LogP contribution in [-0.4, -0.2) is 29.0 Å². The number of benzene rings is 2. The van der Waals surface area contributed by atoms with Crippen molar-refractivity contribution in [2.45, 2.75) is 18.5 Å². The third-order valence-corrected chi connectivity index (χ3v) is 4.95. The highest BCUT2D eigenvalue weighted by atomic mass is 35.5. The third-order valence-electron chi connectivity index (χ3n) is 4.70. The number of fused-ring (bicyclic) bond motifs is 1. The molecule has 26 heavy (non-hydrogen) atoms. The van der Waals surface area contributed by atoms with Crippen molar-refractivity contribution in [2.24, 2.45) is 0 Å². The topological polar surface area (TPSA) is 61.2 Å². The third kappa shape index (κ3) is 2.97. The van der Waals surface area contributed by atoms with Gasteiger partial charge in [-0.3, -0.25) is 0 Å². The van der Waals surface area contributed by atoms with Crippen molar-refractivity contribution in [3.63, 3.8) is 0 Å². The standard InChI is InChI=1S/C19H19ClN4O2/c1-25-14-7-8-18(26-2)15(9-14)17-10-16(12-3-5-13(20)6-4-12)23-19-21-11-22-24(17)19/h3-9,11,16-17H,10H2,1-2H3,(H,21,22,23)/t16-,17-/m0/s1. The van der Waals surface area contributed by atoms with E-state index in [0.717, 1.165) is 40.0 Å². The number of rotatable bonds is 4. The monoisotopic (exact) mass is 370 g/mol. The van der Waals surface area contributed by atoms with Gasteiger partial charge in [-0.1, -0.05) is 23.7 Å². The molecule has 0 aliphatic carbocycles. The summed E-state index contributed by atoms with van der Waals surface area (Å²) < 4.78 is 12.9. The van der Waals surface area contributed by atoms with Crippen LogP contribution in [0.2, 0.25) is 5.02 Å². The minimum Gasteiger partial charge on any atom is -0.497 e. The molecule has 0 fully saturated rings. The summed E-state index contributed by atoms with van der Waals surface area (Å²) in [6.45, 7) is 0. The molecule has 2 atom stereocenters. The maximum atomic E-state index is 6.03. The van der Waals surface area contributed by atoms with E-state index in [2.05, 4.69) is 15.4 Å². The van der Waals surface area contributed by atoms with Gasteiger partial charge in [0.05, 0.1) is 26.3 Å². The second-order valence-electron chi connectivity index (χ2n) is 6.14. The quantitative estimate of drug-likeness (QED) is 0.749. The summed E-state index contributed by atoms with van der Waals surface area (Å²) in [7, 11) is 3.33. The maximum Gasteiger partial charge on any atom is 0.222 e. The summed E-state index contributed by atoms with van der Waals surface area (Å²) in [5, 5.41) is 8.59. The van der Waals surface area contributed by atoms with E-state index in [-0.39, 0.29) is 12.1 Å². The van der Waals surface area contributed by atoms with Gasteiger partial charge in [-0.15, -0.1) is 0 Å². The van der Waals surface area contributed by atoms with E-state index in [1.165, 1.54) is 0 Å². The van der Waals surface area contributed by atoms with Gasteiger partial charge in [0.25, 0.3) is 0 Å². The predicted octanol–water partition coefficient (Wildman–Crippen LogP) is 4.10. The number of methoxy groups -OCH3 is 2. The van der Waals surface area contributed by atoms with Crippen molar-refractivity contribution in [3.05, 3.63) is 64.9 Å². The summed E-state index contributed by atoms with van der Waals surface area (Å²) >= 11 is 6.03. The Kier molecular flexibility index (Phi) is 4.42. The summed E-state index contributed by atoms with van der Waals surface area (Å²) in [6, 6.07) is 13.7. The zero-order valence-electron chi connectivity index (χ0n) is 14.5. The van der Waals surface area contributed by atoms with Gasteiger partial charge >= 0.3 is 0 Å². The molecule has 134 valence electrons. The highest BCUT2D eigenvalue weighted by molar-refractivity contribution is 6.30. The Balaban J connectivity index is 1.77. The molecule has 0 amide bonds. The van der Waals surface area contributed by atoms with Crippen LogP contribution in [0.4, 0.5) is 5.95 Å². The summed E-state index contributed by atoms with van der Waals surface area (Å²) in [4.78, 5) is 4.37. The number of nitrogens with zero attached hydrogens (tertiary/aromatic N) is 3. The fourth-order valence-electron chi connectivity index (χ4n) is 3.39. The molecule has 2 heterocycles. The number of halogens is 1. The highest BCUT2D eigenvalue weighted by Gasteiger charge is 2.31. The van der Waals surface area contributed by atoms with Gasteiger partial charge in [-0.2, -0.15) is 10.1 Å². The number of ether oxygens (including phenoxy) is 2. The summed E-state index contributed by atoms with van der Waals surface area (Å²) in [5.74, 6) is 2.31. The molecular formula is C19H19ClN4O2. The number of nitrogens with one attached hydrogen (secondary N) is 1. The lowest BCUT2D eigenvalue weighted by Gasteiger charge is -2.32. The van der Waals surface area contributed by atoms with Crippen molar-refractivity contribution in [1.29, 1.82) is 0 Å². The van der Waals surface area contributed by atoms with Gasteiger partial charge < -0.3 is 14.8 Å². The van der Waals surface area contributed by atoms with Crippen LogP contribution in [0.5, 0.6) is 11.5 Å². The van der Waals surface area contributed by atoms with Gasteiger partial charge in [0, 0.05) is 10.6 Å². The Morgan fingerprint density at radius 1 is 1.12 bits per heavy atom. The van der Waals surface area contributed by atoms with E-state index < -0.39 is 0 Å². The van der Waals surface area contributed by atoms with Crippen LogP contribution in [0.15, 0.2) is 48.8 Å². The van der Waals surface area contributed by atoms with Crippen LogP contribution in [0.1, 0.15) is 29.6 Å². The summed E-state index contributed by atoms with van der Waals surface area (Å²) in [5.41, 5.74) is 2.16. The first kappa shape index (κ1) is 16.7. The molecule has 1 aliphatic rings. The molecule has 0 saturated carbocycles. The minimum absolute atomic E-state index is 0.0283. The Bertz CT molecular complexity index is 910. The first-order valence-electron chi connectivity index (χ1n) is 8.33. The SMILES string of the molecule is COc1ccc(OC)c([C@@H]2C[C@@H](c3ccc(Cl)cc3)Nc3ncnn32)c1. The average Bonchev–Trinajstić information content (AvgIpc) is 3.16. The van der Waals surface area contributed by atoms with E-state index in [4.69, 9.17) is 21.1 Å². The predicted molar refractivity (Wildman–Crippen MR) is 100 cm³/mol. The lowest BCUT2D eigenvalue weighted by molar-refractivity contribution is 0.373. The first-order valence-corrected chi connectivity index (χ1v) is 8.71. The molecule has 0 radical (unpaired) electrons. The van der Waals surface area contributed by atoms with Gasteiger partial charge in [-0.05, 0) is 42.3 Å². The second kappa shape index (κ2) is 6.88. The van der Waals surface area contributed by atoms with Crippen LogP contribution < -0.4 is 14.8 Å². The van der Waals surface area contributed by atoms with Crippen LogP contribution in [0, 0.1) is 0 Å². The van der Waals surface area contributed by atoms with E-state index in [9.17, 15) is 0 Å². The van der Waals surface area contributed by atoms with Crippen molar-refractivity contribution in [2.75, 3.05) is 19.5 Å². The van der Waals surface area contributed by atoms with Crippen LogP contribution in [-0.2, 0) is 0 Å². The second-order valence-corrected chi connectivity index (χ2v) is 6.57. The molecular weight excluding hydrogens is 352 g/mol. The van der Waals surface area contributed by atoms with Crippen LogP contribution in [0.3, 0.4) is 0 Å². The molecule has 1 aromatic heterocycles. The van der Waals surface area contributed by atoms with Gasteiger partial charge in [0.15, 0.2) is 0 Å². The number of anilines is 1. The number of hydrogen-bond acceptors (Lipinski definition) is 5. The molecule has 0 saturated heterocycles. The fourth-order valence-corrected chi connectivity index (χ4v) is 3.52. The zero-order valence-corrected chi connectivity index (χ0v) is 15.3. The van der Waals surface area contributed by atoms with Crippen LogP contribution >= 0.6 is 11.6 Å². The normalized spacial score (nSPS) is 18.7. The molecule has 1 aliphatic heterocycles. The molecule has 2 aromatic carbocycles. The molecule has 1 N–H and O–H groups in total. The van der Waals surface area contributed by atoms with E-state index in [1.807, 2.05) is 47.1 Å². The van der Waals surface area contributed by atoms with Crippen LogP contribution in [0.25, 0.3) is 0 Å². The van der Waals surface area contributed by atoms with E-state index in [1.54, 1.807) is 20.5 Å². The molecule has 0 unspecified atom stereocenters. The van der Waals surface area contributed by atoms with Gasteiger partial charge in [-0.25, -0.2) is 4.68 Å². The van der Waals surface area contributed by atoms with Gasteiger partial charge in [0.1, 0.15) is 17.8 Å². The Hall–Kier alpha value is -2.73. The lowest BCUT2D eigenvalue weighted by atomic mass is 9.92. The largest absolute Gasteiger partial charge is 0.497 e. The van der Waals surface area contributed by atoms with Crippen molar-refractivity contribution in [1.82, 2.24) is 14.8 Å². The summed E-state index contributed by atoms with van der Waals surface area (Å²) in [6.07, 6.45) is 2.35. The average molecular weight is 371 g/mol. The molecule has 3 aromatic rings. The first-order chi connectivity index (χ1) is 12.7. The molecule has 0 bridgehead atoms. The Morgan fingerprint density at radius 3 is 2.65 bits per heavy atom. The van der Waals surface area contributed by atoms with Crippen molar-refractivity contribution in [3.8, 4) is 11.5 Å². The highest BCUT2D eigenvalue weighted by Crippen LogP contribution is 2.41. The van der Waals surface area contributed by atoms with E-state index >= 15 is 0 Å². The van der Waals surface area contributed by atoms with Gasteiger partial charge in [0.2, 0.25) is 5.95 Å². The molecule has 6 nitrogen and oxygen atoms in total. The molecule has 7 heteroatoms. The van der Waals surface area contributed by atoms with Crippen molar-refractivity contribution >= 4 is 17.5 Å². The Morgan fingerprint density at radius 2 is 1.92 bits per heavy atom. The Labute approximate surface area is 156 Å². The number of aromatic nitrogens is 3. The molecule has 0 spiro atoms. The van der Waals surface area contributed by atoms with E-state index in [0.29, 0.717) is 0 Å². The molecule has 4 rings (SSSR count). The maximum absolute atomic E-state index is 6.03. The minimum atomic E-state index is -0.0283. The lowest BCUT2D eigenvalue weighted by Crippen LogP contribution is -2.28.